The molecule has 0 aliphatic rings. The van der Waals surface area contributed by atoms with Crippen LogP contribution in [0.2, 0.25) is 0 Å². The van der Waals surface area contributed by atoms with E-state index in [1.807, 2.05) is 28.7 Å². The second-order valence-electron chi connectivity index (χ2n) is 5.07. The molecule has 0 saturated carbocycles. The van der Waals surface area contributed by atoms with Crippen LogP contribution in [0.1, 0.15) is 13.3 Å². The van der Waals surface area contributed by atoms with Crippen LogP contribution in [-0.4, -0.2) is 59.4 Å². The third kappa shape index (κ3) is 3.24. The number of nitrogens with one attached hydrogen (secondary N) is 1. The van der Waals surface area contributed by atoms with E-state index in [1.165, 1.54) is 0 Å². The highest BCUT2D eigenvalue weighted by atomic mass is 16.2. The zero-order valence-corrected chi connectivity index (χ0v) is 13.0. The van der Waals surface area contributed by atoms with Crippen LogP contribution in [0.5, 0.6) is 0 Å². The molecule has 0 bridgehead atoms. The molecular formula is C14H22N6O. The maximum atomic E-state index is 12.0. The summed E-state index contributed by atoms with van der Waals surface area (Å²) >= 11 is 0. The molecule has 1 amide bonds. The molecule has 0 saturated heterocycles. The Bertz CT molecular complexity index is 621. The predicted molar refractivity (Wildman–Crippen MR) is 83.7 cm³/mol. The minimum Gasteiger partial charge on any atom is -0.372 e. The van der Waals surface area contributed by atoms with Gasteiger partial charge in [-0.25, -0.2) is 9.97 Å². The highest BCUT2D eigenvalue weighted by Gasteiger charge is 2.18. The van der Waals surface area contributed by atoms with Gasteiger partial charge in [-0.1, -0.05) is 6.92 Å². The molecule has 0 aromatic carbocycles. The fourth-order valence-electron chi connectivity index (χ4n) is 2.08. The van der Waals surface area contributed by atoms with E-state index < -0.39 is 0 Å². The molecule has 0 fully saturated rings. The van der Waals surface area contributed by atoms with Gasteiger partial charge in [0.2, 0.25) is 5.91 Å². The van der Waals surface area contributed by atoms with Gasteiger partial charge < -0.3 is 19.5 Å². The van der Waals surface area contributed by atoms with Gasteiger partial charge in [-0.15, -0.1) is 0 Å². The van der Waals surface area contributed by atoms with Gasteiger partial charge in [-0.3, -0.25) is 4.79 Å². The number of carbonyl (C=O) groups excluding carboxylic acids is 1. The van der Waals surface area contributed by atoms with E-state index in [-0.39, 0.29) is 5.91 Å². The first-order valence-corrected chi connectivity index (χ1v) is 7.03. The zero-order valence-electron chi connectivity index (χ0n) is 13.0. The Hall–Kier alpha value is -2.31. The van der Waals surface area contributed by atoms with Gasteiger partial charge in [-0.2, -0.15) is 0 Å². The van der Waals surface area contributed by atoms with E-state index in [1.54, 1.807) is 25.2 Å². The summed E-state index contributed by atoms with van der Waals surface area (Å²) in [5, 5.41) is 3.04. The minimum atomic E-state index is 0.0461. The van der Waals surface area contributed by atoms with Gasteiger partial charge >= 0.3 is 0 Å². The molecule has 0 spiro atoms. The molecule has 7 heteroatoms. The van der Waals surface area contributed by atoms with Crippen LogP contribution in [-0.2, 0) is 4.79 Å². The second kappa shape index (κ2) is 6.43. The largest absolute Gasteiger partial charge is 0.372 e. The number of carbonyl (C=O) groups is 1. The van der Waals surface area contributed by atoms with Crippen molar-refractivity contribution >= 4 is 23.2 Å². The topological polar surface area (TPSA) is 65.8 Å². The number of hydrogen-bond donors (Lipinski definition) is 1. The number of amides is 1. The van der Waals surface area contributed by atoms with E-state index in [2.05, 4.69) is 22.2 Å². The molecule has 1 N–H and O–H groups in total. The van der Waals surface area contributed by atoms with Gasteiger partial charge in [0.05, 0.1) is 12.7 Å². The van der Waals surface area contributed by atoms with Crippen molar-refractivity contribution in [3.05, 3.63) is 18.6 Å². The SMILES string of the molecule is CCCN(CC(=O)N(C)C)c1nc(NC)cn2ccnc12. The van der Waals surface area contributed by atoms with Crippen molar-refractivity contribution in [3.8, 4) is 0 Å². The molecule has 7 nitrogen and oxygen atoms in total. The molecule has 2 heterocycles. The lowest BCUT2D eigenvalue weighted by Crippen LogP contribution is -2.37. The molecule has 114 valence electrons. The Morgan fingerprint density at radius 1 is 1.43 bits per heavy atom. The number of rotatable bonds is 6. The van der Waals surface area contributed by atoms with E-state index in [4.69, 9.17) is 0 Å². The third-order valence-corrected chi connectivity index (χ3v) is 3.23. The number of likely N-dealkylation sites (N-methyl/N-ethyl adjacent to an activating group) is 1. The first kappa shape index (κ1) is 15.1. The molecule has 2 aromatic rings. The van der Waals surface area contributed by atoms with Crippen LogP contribution in [0, 0.1) is 0 Å². The van der Waals surface area contributed by atoms with E-state index in [0.29, 0.717) is 6.54 Å². The molecule has 2 rings (SSSR count). The monoisotopic (exact) mass is 290 g/mol. The summed E-state index contributed by atoms with van der Waals surface area (Å²) in [6, 6.07) is 0. The lowest BCUT2D eigenvalue weighted by Gasteiger charge is -2.25. The molecule has 0 unspecified atom stereocenters. The Labute approximate surface area is 124 Å². The third-order valence-electron chi connectivity index (χ3n) is 3.23. The molecule has 0 radical (unpaired) electrons. The van der Waals surface area contributed by atoms with Crippen molar-refractivity contribution in [2.24, 2.45) is 0 Å². The number of nitrogens with zero attached hydrogens (tertiary/aromatic N) is 5. The summed E-state index contributed by atoms with van der Waals surface area (Å²) < 4.78 is 1.91. The maximum absolute atomic E-state index is 12.0. The normalized spacial score (nSPS) is 10.7. The first-order chi connectivity index (χ1) is 10.1. The Morgan fingerprint density at radius 3 is 2.81 bits per heavy atom. The molecular weight excluding hydrogens is 268 g/mol. The molecule has 2 aromatic heterocycles. The second-order valence-corrected chi connectivity index (χ2v) is 5.07. The zero-order chi connectivity index (χ0) is 15.4. The van der Waals surface area contributed by atoms with Gasteiger partial charge in [0.25, 0.3) is 0 Å². The first-order valence-electron chi connectivity index (χ1n) is 7.03. The van der Waals surface area contributed by atoms with Crippen LogP contribution in [0.15, 0.2) is 18.6 Å². The predicted octanol–water partition coefficient (Wildman–Crippen LogP) is 1.08. The van der Waals surface area contributed by atoms with E-state index >= 15 is 0 Å². The smallest absolute Gasteiger partial charge is 0.241 e. The summed E-state index contributed by atoms with van der Waals surface area (Å²) in [7, 11) is 5.34. The minimum absolute atomic E-state index is 0.0461. The summed E-state index contributed by atoms with van der Waals surface area (Å²) in [5.41, 5.74) is 0.758. The van der Waals surface area contributed by atoms with Crippen molar-refractivity contribution in [1.29, 1.82) is 0 Å². The van der Waals surface area contributed by atoms with Crippen molar-refractivity contribution in [3.63, 3.8) is 0 Å². The fourth-order valence-corrected chi connectivity index (χ4v) is 2.08. The lowest BCUT2D eigenvalue weighted by molar-refractivity contribution is -0.127. The fraction of sp³-hybridized carbons (Fsp3) is 0.500. The number of anilines is 2. The van der Waals surface area contributed by atoms with Gasteiger partial charge in [0, 0.05) is 40.1 Å². The van der Waals surface area contributed by atoms with E-state index in [9.17, 15) is 4.79 Å². The standard InChI is InChI=1S/C14H22N6O/c1-5-7-19(10-12(21)18(3)4)14-13-16-6-8-20(13)9-11(15-2)17-14/h6,8-9,15H,5,7,10H2,1-4H3. The van der Waals surface area contributed by atoms with Gasteiger partial charge in [0.15, 0.2) is 11.5 Å². The molecule has 0 aliphatic carbocycles. The molecule has 0 atom stereocenters. The van der Waals surface area contributed by atoms with Crippen LogP contribution < -0.4 is 10.2 Å². The Balaban J connectivity index is 2.43. The van der Waals surface area contributed by atoms with Crippen molar-refractivity contribution in [2.75, 3.05) is 44.4 Å². The van der Waals surface area contributed by atoms with E-state index in [0.717, 1.165) is 30.2 Å². The highest BCUT2D eigenvalue weighted by molar-refractivity contribution is 5.82. The van der Waals surface area contributed by atoms with Gasteiger partial charge in [-0.05, 0) is 6.42 Å². The number of aromatic nitrogens is 3. The number of fused-ring (bicyclic) bond motifs is 1. The highest BCUT2D eigenvalue weighted by Crippen LogP contribution is 2.20. The summed E-state index contributed by atoms with van der Waals surface area (Å²) in [5.74, 6) is 1.52. The van der Waals surface area contributed by atoms with Crippen molar-refractivity contribution in [2.45, 2.75) is 13.3 Å². The maximum Gasteiger partial charge on any atom is 0.241 e. The molecule has 21 heavy (non-hydrogen) atoms. The van der Waals surface area contributed by atoms with Crippen LogP contribution in [0.4, 0.5) is 11.6 Å². The van der Waals surface area contributed by atoms with Crippen molar-refractivity contribution < 1.29 is 4.79 Å². The molecule has 0 aliphatic heterocycles. The van der Waals surface area contributed by atoms with Crippen LogP contribution >= 0.6 is 0 Å². The van der Waals surface area contributed by atoms with Crippen molar-refractivity contribution in [1.82, 2.24) is 19.3 Å². The number of hydrogen-bond acceptors (Lipinski definition) is 5. The summed E-state index contributed by atoms with van der Waals surface area (Å²) in [6.07, 6.45) is 6.42. The summed E-state index contributed by atoms with van der Waals surface area (Å²) in [6.45, 7) is 3.13. The van der Waals surface area contributed by atoms with Crippen LogP contribution in [0.3, 0.4) is 0 Å². The van der Waals surface area contributed by atoms with Crippen LogP contribution in [0.25, 0.3) is 5.65 Å². The quantitative estimate of drug-likeness (QED) is 0.862. The lowest BCUT2D eigenvalue weighted by atomic mass is 10.3. The number of imidazole rings is 1. The Morgan fingerprint density at radius 2 is 2.19 bits per heavy atom. The average Bonchev–Trinajstić information content (AvgIpc) is 2.93. The summed E-state index contributed by atoms with van der Waals surface area (Å²) in [4.78, 5) is 24.6. The van der Waals surface area contributed by atoms with Gasteiger partial charge in [0.1, 0.15) is 5.82 Å². The average molecular weight is 290 g/mol. The Kier molecular flexibility index (Phi) is 4.62.